The lowest BCUT2D eigenvalue weighted by molar-refractivity contribution is -0.163. The molecule has 0 saturated carbocycles. The van der Waals surface area contributed by atoms with Gasteiger partial charge in [0.1, 0.15) is 6.61 Å². The van der Waals surface area contributed by atoms with Crippen LogP contribution in [-0.2, 0) is 23.8 Å². The summed E-state index contributed by atoms with van der Waals surface area (Å²) in [5.41, 5.74) is 0. The van der Waals surface area contributed by atoms with Crippen molar-refractivity contribution in [3.63, 3.8) is 0 Å². The molecule has 0 N–H and O–H groups in total. The molecule has 0 aliphatic rings. The number of rotatable bonds is 41. The molecule has 0 aliphatic carbocycles. The number of unbranched alkanes of at least 4 members (excludes halogenated alkanes) is 20. The molecule has 0 fully saturated rings. The molecular weight excluding hydrogens is 669 g/mol. The van der Waals surface area contributed by atoms with E-state index in [-0.39, 0.29) is 25.2 Å². The molecule has 5 heteroatoms. The summed E-state index contributed by atoms with van der Waals surface area (Å²) in [7, 11) is 0. The van der Waals surface area contributed by atoms with E-state index >= 15 is 0 Å². The first-order valence-corrected chi connectivity index (χ1v) is 22.8. The van der Waals surface area contributed by atoms with Crippen LogP contribution in [-0.4, -0.2) is 37.9 Å². The molecule has 0 heterocycles. The molecule has 0 bridgehead atoms. The summed E-state index contributed by atoms with van der Waals surface area (Å²) in [6, 6.07) is 0. The van der Waals surface area contributed by atoms with Crippen molar-refractivity contribution in [2.45, 2.75) is 219 Å². The average molecular weight is 755 g/mol. The van der Waals surface area contributed by atoms with Crippen LogP contribution in [0.3, 0.4) is 0 Å². The number of carbonyl (C=O) groups is 2. The van der Waals surface area contributed by atoms with E-state index in [9.17, 15) is 9.59 Å². The Morgan fingerprint density at radius 2 is 0.833 bits per heavy atom. The van der Waals surface area contributed by atoms with E-state index in [0.29, 0.717) is 19.4 Å². The SMILES string of the molecule is CC/C=C\C/C=C\C/C=C\C/C=C\CCCOCC(COC(=O)CCCCCCC/C=C\CCCCCCCC)OC(=O)CCCCCCCCCCC. The molecule has 0 saturated heterocycles. The molecule has 1 unspecified atom stereocenters. The van der Waals surface area contributed by atoms with E-state index in [1.165, 1.54) is 103 Å². The van der Waals surface area contributed by atoms with Crippen LogP contribution in [0.2, 0.25) is 0 Å². The van der Waals surface area contributed by atoms with Gasteiger partial charge >= 0.3 is 11.9 Å². The maximum Gasteiger partial charge on any atom is 0.306 e. The van der Waals surface area contributed by atoms with Crippen LogP contribution >= 0.6 is 0 Å². The van der Waals surface area contributed by atoms with Crippen LogP contribution in [0.1, 0.15) is 213 Å². The predicted octanol–water partition coefficient (Wildman–Crippen LogP) is 15.0. The second-order valence-corrected chi connectivity index (χ2v) is 14.9. The van der Waals surface area contributed by atoms with Crippen molar-refractivity contribution in [3.05, 3.63) is 60.8 Å². The molecule has 312 valence electrons. The molecule has 5 nitrogen and oxygen atoms in total. The largest absolute Gasteiger partial charge is 0.462 e. The van der Waals surface area contributed by atoms with Gasteiger partial charge in [0.2, 0.25) is 0 Å². The minimum atomic E-state index is -0.563. The first-order chi connectivity index (χ1) is 26.6. The van der Waals surface area contributed by atoms with E-state index in [0.717, 1.165) is 77.0 Å². The van der Waals surface area contributed by atoms with Gasteiger partial charge in [0, 0.05) is 19.4 Å². The van der Waals surface area contributed by atoms with Crippen molar-refractivity contribution in [1.82, 2.24) is 0 Å². The minimum Gasteiger partial charge on any atom is -0.462 e. The number of hydrogen-bond acceptors (Lipinski definition) is 5. The third kappa shape index (κ3) is 42.3. The van der Waals surface area contributed by atoms with E-state index in [1.807, 2.05) is 0 Å². The second-order valence-electron chi connectivity index (χ2n) is 14.9. The van der Waals surface area contributed by atoms with Gasteiger partial charge in [0.05, 0.1) is 6.61 Å². The van der Waals surface area contributed by atoms with Crippen LogP contribution in [0.25, 0.3) is 0 Å². The van der Waals surface area contributed by atoms with Crippen LogP contribution in [0.5, 0.6) is 0 Å². The fourth-order valence-corrected chi connectivity index (χ4v) is 6.15. The van der Waals surface area contributed by atoms with Crippen molar-refractivity contribution in [2.75, 3.05) is 19.8 Å². The molecule has 0 radical (unpaired) electrons. The van der Waals surface area contributed by atoms with Crippen molar-refractivity contribution in [1.29, 1.82) is 0 Å². The van der Waals surface area contributed by atoms with Gasteiger partial charge in [-0.2, -0.15) is 0 Å². The van der Waals surface area contributed by atoms with Crippen molar-refractivity contribution >= 4 is 11.9 Å². The molecule has 1 atom stereocenters. The van der Waals surface area contributed by atoms with Crippen molar-refractivity contribution in [3.8, 4) is 0 Å². The fraction of sp³-hybridized carbons (Fsp3) is 0.755. The van der Waals surface area contributed by atoms with Crippen molar-refractivity contribution in [2.24, 2.45) is 0 Å². The molecule has 0 aromatic heterocycles. The van der Waals surface area contributed by atoms with E-state index in [4.69, 9.17) is 14.2 Å². The summed E-state index contributed by atoms with van der Waals surface area (Å²) in [6.45, 7) is 7.55. The summed E-state index contributed by atoms with van der Waals surface area (Å²) in [5.74, 6) is -0.438. The molecule has 0 spiro atoms. The summed E-state index contributed by atoms with van der Waals surface area (Å²) in [5, 5.41) is 0. The number of carbonyl (C=O) groups excluding carboxylic acids is 2. The van der Waals surface area contributed by atoms with Gasteiger partial charge < -0.3 is 14.2 Å². The van der Waals surface area contributed by atoms with Gasteiger partial charge in [-0.3, -0.25) is 9.59 Å². The van der Waals surface area contributed by atoms with Crippen LogP contribution < -0.4 is 0 Å². The van der Waals surface area contributed by atoms with Crippen LogP contribution in [0.4, 0.5) is 0 Å². The maximum atomic E-state index is 12.7. The zero-order chi connectivity index (χ0) is 39.3. The van der Waals surface area contributed by atoms with E-state index < -0.39 is 6.10 Å². The second kappa shape index (κ2) is 45.0. The Hall–Kier alpha value is -2.40. The van der Waals surface area contributed by atoms with Gasteiger partial charge in [-0.15, -0.1) is 0 Å². The van der Waals surface area contributed by atoms with Crippen LogP contribution in [0.15, 0.2) is 60.8 Å². The minimum absolute atomic E-state index is 0.0598. The van der Waals surface area contributed by atoms with Gasteiger partial charge in [0.15, 0.2) is 6.10 Å². The van der Waals surface area contributed by atoms with Gasteiger partial charge in [-0.1, -0.05) is 184 Å². The highest BCUT2D eigenvalue weighted by Crippen LogP contribution is 2.13. The molecule has 0 amide bonds. The third-order valence-corrected chi connectivity index (χ3v) is 9.54. The molecule has 54 heavy (non-hydrogen) atoms. The quantitative estimate of drug-likeness (QED) is 0.0353. The molecule has 0 aromatic carbocycles. The van der Waals surface area contributed by atoms with Gasteiger partial charge in [-0.25, -0.2) is 0 Å². The lowest BCUT2D eigenvalue weighted by atomic mass is 10.1. The van der Waals surface area contributed by atoms with E-state index in [1.54, 1.807) is 0 Å². The predicted molar refractivity (Wildman–Crippen MR) is 233 cm³/mol. The molecule has 0 aliphatic heterocycles. The first-order valence-electron chi connectivity index (χ1n) is 22.8. The van der Waals surface area contributed by atoms with Gasteiger partial charge in [0.25, 0.3) is 0 Å². The highest BCUT2D eigenvalue weighted by Gasteiger charge is 2.17. The van der Waals surface area contributed by atoms with Gasteiger partial charge in [-0.05, 0) is 77.0 Å². The Morgan fingerprint density at radius 3 is 1.35 bits per heavy atom. The molecule has 0 aromatic rings. The Bertz CT molecular complexity index is 946. The lowest BCUT2D eigenvalue weighted by Gasteiger charge is -2.18. The summed E-state index contributed by atoms with van der Waals surface area (Å²) < 4.78 is 17.2. The first kappa shape index (κ1) is 51.6. The summed E-state index contributed by atoms with van der Waals surface area (Å²) in [4.78, 5) is 25.2. The maximum absolute atomic E-state index is 12.7. The Morgan fingerprint density at radius 1 is 0.426 bits per heavy atom. The molecule has 0 rings (SSSR count). The number of allylic oxidation sites excluding steroid dienone is 10. The smallest absolute Gasteiger partial charge is 0.306 e. The summed E-state index contributed by atoms with van der Waals surface area (Å²) >= 11 is 0. The number of esters is 2. The van der Waals surface area contributed by atoms with Crippen molar-refractivity contribution < 1.29 is 23.8 Å². The van der Waals surface area contributed by atoms with E-state index in [2.05, 4.69) is 81.5 Å². The number of ether oxygens (including phenoxy) is 3. The highest BCUT2D eigenvalue weighted by atomic mass is 16.6. The Kier molecular flexibility index (Phi) is 43.0. The average Bonchev–Trinajstić information content (AvgIpc) is 3.17. The Balaban J connectivity index is 4.31. The Labute approximate surface area is 334 Å². The van der Waals surface area contributed by atoms with Crippen LogP contribution in [0, 0.1) is 0 Å². The highest BCUT2D eigenvalue weighted by molar-refractivity contribution is 5.70. The summed E-state index contributed by atoms with van der Waals surface area (Å²) in [6.07, 6.45) is 55.2. The lowest BCUT2D eigenvalue weighted by Crippen LogP contribution is -2.30. The third-order valence-electron chi connectivity index (χ3n) is 9.54. The standard InChI is InChI=1S/C49H86O5/c1-4-7-10-13-16-19-21-23-25-26-28-31-33-36-39-42-48(50)53-46-47(54-49(51)43-40-37-34-30-18-15-12-9-6-3)45-52-44-41-38-35-32-29-27-24-22-20-17-14-11-8-5-2/h8,11,17,20,23-25,27,32,35,47H,4-7,9-10,12-16,18-19,21-22,26,28-31,33-34,36-46H2,1-3H3/b11-8-,20-17-,25-23-,27-24-,35-32-. The molecular formula is C49H86O5. The monoisotopic (exact) mass is 755 g/mol. The topological polar surface area (TPSA) is 61.8 Å². The zero-order valence-corrected chi connectivity index (χ0v) is 35.7. The fourth-order valence-electron chi connectivity index (χ4n) is 6.15. The zero-order valence-electron chi connectivity index (χ0n) is 35.7. The number of hydrogen-bond donors (Lipinski definition) is 0. The normalized spacial score (nSPS) is 12.7.